The summed E-state index contributed by atoms with van der Waals surface area (Å²) < 4.78 is 4.99. The Kier molecular flexibility index (Phi) is 3.90. The molecule has 0 saturated heterocycles. The quantitative estimate of drug-likeness (QED) is 0.478. The summed E-state index contributed by atoms with van der Waals surface area (Å²) in [6.07, 6.45) is 0. The van der Waals surface area contributed by atoms with Crippen LogP contribution >= 0.6 is 0 Å². The van der Waals surface area contributed by atoms with Crippen LogP contribution in [0.25, 0.3) is 0 Å². The smallest absolute Gasteiger partial charge is 0.332 e. The maximum Gasteiger partial charge on any atom is 0.332 e. The maximum absolute atomic E-state index is 11.7. The topological polar surface area (TPSA) is 55.6 Å². The van der Waals surface area contributed by atoms with Crippen LogP contribution in [-0.2, 0) is 9.53 Å². The Balaban J connectivity index is 2.87. The molecule has 1 rings (SSSR count). The second-order valence-corrected chi connectivity index (χ2v) is 3.99. The summed E-state index contributed by atoms with van der Waals surface area (Å²) in [6.45, 7) is 5.60. The van der Waals surface area contributed by atoms with Gasteiger partial charge in [-0.1, -0.05) is 18.2 Å². The van der Waals surface area contributed by atoms with E-state index < -0.39 is 5.54 Å². The van der Waals surface area contributed by atoms with Gasteiger partial charge in [-0.2, -0.15) is 0 Å². The average molecular weight is 222 g/mol. The monoisotopic (exact) mass is 222 g/mol. The first-order valence-electron chi connectivity index (χ1n) is 5.27. The van der Waals surface area contributed by atoms with E-state index in [1.165, 1.54) is 5.01 Å². The van der Waals surface area contributed by atoms with Crippen molar-refractivity contribution in [1.82, 2.24) is 0 Å². The Morgan fingerprint density at radius 3 is 2.44 bits per heavy atom. The zero-order valence-electron chi connectivity index (χ0n) is 9.93. The molecule has 4 heteroatoms. The van der Waals surface area contributed by atoms with Crippen LogP contribution in [0.3, 0.4) is 0 Å². The van der Waals surface area contributed by atoms with Crippen molar-refractivity contribution < 1.29 is 9.53 Å². The van der Waals surface area contributed by atoms with Crippen LogP contribution in [0.4, 0.5) is 5.69 Å². The molecule has 0 aromatic heterocycles. The summed E-state index contributed by atoms with van der Waals surface area (Å²) in [5.74, 6) is 5.60. The largest absolute Gasteiger partial charge is 0.464 e. The number of carbonyl (C=O) groups is 1. The summed E-state index contributed by atoms with van der Waals surface area (Å²) >= 11 is 0. The molecule has 16 heavy (non-hydrogen) atoms. The van der Waals surface area contributed by atoms with E-state index >= 15 is 0 Å². The number of rotatable bonds is 4. The number of anilines is 1. The van der Waals surface area contributed by atoms with Crippen molar-refractivity contribution in [2.45, 2.75) is 26.3 Å². The van der Waals surface area contributed by atoms with E-state index in [1.807, 2.05) is 30.3 Å². The number of benzene rings is 1. The number of carbonyl (C=O) groups excluding carboxylic acids is 1. The van der Waals surface area contributed by atoms with Crippen LogP contribution in [0, 0.1) is 0 Å². The van der Waals surface area contributed by atoms with Crippen LogP contribution in [0.2, 0.25) is 0 Å². The standard InChI is InChI=1S/C12H18N2O2/c1-4-16-11(15)12(2,3)14(13)10-8-6-5-7-9-10/h5-9H,4,13H2,1-3H3. The van der Waals surface area contributed by atoms with E-state index in [1.54, 1.807) is 20.8 Å². The molecular formula is C12H18N2O2. The molecule has 0 unspecified atom stereocenters. The predicted molar refractivity (Wildman–Crippen MR) is 63.8 cm³/mol. The molecule has 0 aliphatic heterocycles. The molecule has 2 N–H and O–H groups in total. The molecule has 0 amide bonds. The van der Waals surface area contributed by atoms with Gasteiger partial charge in [0.2, 0.25) is 0 Å². The lowest BCUT2D eigenvalue weighted by atomic mass is 10.0. The van der Waals surface area contributed by atoms with E-state index in [9.17, 15) is 4.79 Å². The molecule has 0 bridgehead atoms. The fourth-order valence-corrected chi connectivity index (χ4v) is 1.32. The molecule has 0 fully saturated rings. The Hall–Kier alpha value is -1.55. The highest BCUT2D eigenvalue weighted by Gasteiger charge is 2.34. The number of ether oxygens (including phenoxy) is 1. The zero-order valence-corrected chi connectivity index (χ0v) is 9.93. The minimum Gasteiger partial charge on any atom is -0.464 e. The van der Waals surface area contributed by atoms with Crippen molar-refractivity contribution in [1.29, 1.82) is 0 Å². The van der Waals surface area contributed by atoms with Gasteiger partial charge in [-0.05, 0) is 32.9 Å². The Morgan fingerprint density at radius 1 is 1.38 bits per heavy atom. The van der Waals surface area contributed by atoms with E-state index in [2.05, 4.69) is 0 Å². The van der Waals surface area contributed by atoms with E-state index in [4.69, 9.17) is 10.6 Å². The second kappa shape index (κ2) is 4.99. The lowest BCUT2D eigenvalue weighted by Crippen LogP contribution is -2.55. The number of nitrogens with zero attached hydrogens (tertiary/aromatic N) is 1. The minimum absolute atomic E-state index is 0.332. The predicted octanol–water partition coefficient (Wildman–Crippen LogP) is 1.71. The molecule has 0 aliphatic rings. The van der Waals surface area contributed by atoms with Gasteiger partial charge in [-0.25, -0.2) is 10.6 Å². The van der Waals surface area contributed by atoms with Gasteiger partial charge in [-0.15, -0.1) is 0 Å². The van der Waals surface area contributed by atoms with Crippen LogP contribution < -0.4 is 10.9 Å². The summed E-state index contributed by atoms with van der Waals surface area (Å²) in [5.41, 5.74) is -0.0993. The van der Waals surface area contributed by atoms with Gasteiger partial charge in [-0.3, -0.25) is 5.01 Å². The first kappa shape index (κ1) is 12.5. The molecule has 0 aliphatic carbocycles. The number of hydrogen-bond acceptors (Lipinski definition) is 4. The maximum atomic E-state index is 11.7. The Bertz CT molecular complexity index is 349. The van der Waals surface area contributed by atoms with E-state index in [-0.39, 0.29) is 5.97 Å². The van der Waals surface area contributed by atoms with Crippen LogP contribution in [-0.4, -0.2) is 18.1 Å². The first-order chi connectivity index (χ1) is 7.50. The molecule has 0 atom stereocenters. The zero-order chi connectivity index (χ0) is 12.2. The summed E-state index contributed by atoms with van der Waals surface area (Å²) in [7, 11) is 0. The number of esters is 1. The average Bonchev–Trinajstić information content (AvgIpc) is 2.29. The van der Waals surface area contributed by atoms with Crippen LogP contribution in [0.15, 0.2) is 30.3 Å². The van der Waals surface area contributed by atoms with Crippen LogP contribution in [0.5, 0.6) is 0 Å². The molecule has 0 heterocycles. The van der Waals surface area contributed by atoms with Crippen molar-refractivity contribution in [3.05, 3.63) is 30.3 Å². The fourth-order valence-electron chi connectivity index (χ4n) is 1.32. The van der Waals surface area contributed by atoms with Gasteiger partial charge in [0.1, 0.15) is 5.54 Å². The highest BCUT2D eigenvalue weighted by atomic mass is 16.5. The number of hydrogen-bond donors (Lipinski definition) is 1. The van der Waals surface area contributed by atoms with Crippen molar-refractivity contribution in [3.8, 4) is 0 Å². The van der Waals surface area contributed by atoms with Gasteiger partial charge in [0.25, 0.3) is 0 Å². The van der Waals surface area contributed by atoms with E-state index in [0.29, 0.717) is 6.61 Å². The van der Waals surface area contributed by atoms with Crippen LogP contribution in [0.1, 0.15) is 20.8 Å². The van der Waals surface area contributed by atoms with Crippen molar-refractivity contribution in [2.24, 2.45) is 5.84 Å². The lowest BCUT2D eigenvalue weighted by molar-refractivity contribution is -0.148. The first-order valence-corrected chi connectivity index (χ1v) is 5.27. The summed E-state index contributed by atoms with van der Waals surface area (Å²) in [4.78, 5) is 11.7. The third kappa shape index (κ3) is 2.52. The molecule has 0 radical (unpaired) electrons. The summed E-state index contributed by atoms with van der Waals surface area (Å²) in [6, 6.07) is 9.34. The second-order valence-electron chi connectivity index (χ2n) is 3.99. The van der Waals surface area contributed by atoms with Gasteiger partial charge in [0.05, 0.1) is 12.3 Å². The highest BCUT2D eigenvalue weighted by Crippen LogP contribution is 2.21. The molecule has 88 valence electrons. The van der Waals surface area contributed by atoms with Gasteiger partial charge >= 0.3 is 5.97 Å². The number of hydrazine groups is 1. The molecular weight excluding hydrogens is 204 g/mol. The van der Waals surface area contributed by atoms with Crippen molar-refractivity contribution >= 4 is 11.7 Å². The molecule has 1 aromatic carbocycles. The fraction of sp³-hybridized carbons (Fsp3) is 0.417. The minimum atomic E-state index is -0.878. The van der Waals surface area contributed by atoms with E-state index in [0.717, 1.165) is 5.69 Å². The lowest BCUT2D eigenvalue weighted by Gasteiger charge is -2.34. The SMILES string of the molecule is CCOC(=O)C(C)(C)N(N)c1ccccc1. The molecule has 0 saturated carbocycles. The normalized spacial score (nSPS) is 11.0. The number of nitrogens with two attached hydrogens (primary N) is 1. The molecule has 4 nitrogen and oxygen atoms in total. The van der Waals surface area contributed by atoms with Gasteiger partial charge in [0, 0.05) is 0 Å². The van der Waals surface area contributed by atoms with Crippen molar-refractivity contribution in [3.63, 3.8) is 0 Å². The van der Waals surface area contributed by atoms with Gasteiger partial charge < -0.3 is 4.74 Å². The third-order valence-electron chi connectivity index (χ3n) is 2.41. The molecule has 0 spiro atoms. The Labute approximate surface area is 96.0 Å². The van der Waals surface area contributed by atoms with Crippen molar-refractivity contribution in [2.75, 3.05) is 11.6 Å². The van der Waals surface area contributed by atoms with Gasteiger partial charge in [0.15, 0.2) is 0 Å². The highest BCUT2D eigenvalue weighted by molar-refractivity contribution is 5.83. The Morgan fingerprint density at radius 2 is 1.94 bits per heavy atom. The molecule has 1 aromatic rings. The number of para-hydroxylation sites is 1. The third-order valence-corrected chi connectivity index (χ3v) is 2.41. The summed E-state index contributed by atoms with van der Waals surface area (Å²) in [5, 5.41) is 1.42.